The summed E-state index contributed by atoms with van der Waals surface area (Å²) in [5.41, 5.74) is 4.01. The largest absolute Gasteiger partial charge is 0.381 e. The van der Waals surface area contributed by atoms with E-state index in [1.54, 1.807) is 0 Å². The summed E-state index contributed by atoms with van der Waals surface area (Å²) in [6.07, 6.45) is 2.82. The Bertz CT molecular complexity index is 320. The molecule has 0 amide bonds. The third-order valence-corrected chi connectivity index (χ3v) is 2.80. The van der Waals surface area contributed by atoms with Crippen molar-refractivity contribution < 1.29 is 4.74 Å². The highest BCUT2D eigenvalue weighted by Gasteiger charge is 2.07. The maximum absolute atomic E-state index is 5.94. The summed E-state index contributed by atoms with van der Waals surface area (Å²) < 4.78 is 5.45. The predicted molar refractivity (Wildman–Crippen MR) is 72.0 cm³/mol. The SMILES string of the molecule is CCCOCCC(Cc1cccc(Cl)c1)NN. The maximum Gasteiger partial charge on any atom is 0.0481 e. The monoisotopic (exact) mass is 256 g/mol. The second-order valence-electron chi connectivity index (χ2n) is 4.10. The van der Waals surface area contributed by atoms with Crippen molar-refractivity contribution in [1.82, 2.24) is 5.43 Å². The van der Waals surface area contributed by atoms with Gasteiger partial charge in [-0.3, -0.25) is 11.3 Å². The summed E-state index contributed by atoms with van der Waals surface area (Å²) >= 11 is 5.94. The van der Waals surface area contributed by atoms with Crippen LogP contribution >= 0.6 is 11.6 Å². The standard InChI is InChI=1S/C13H21ClN2O/c1-2-7-17-8-6-13(16-15)10-11-4-3-5-12(14)9-11/h3-5,9,13,16H,2,6-8,10,15H2,1H3. The lowest BCUT2D eigenvalue weighted by atomic mass is 10.0. The van der Waals surface area contributed by atoms with E-state index in [2.05, 4.69) is 18.4 Å². The highest BCUT2D eigenvalue weighted by molar-refractivity contribution is 6.30. The van der Waals surface area contributed by atoms with E-state index in [1.807, 2.05) is 18.2 Å². The normalized spacial score (nSPS) is 12.6. The van der Waals surface area contributed by atoms with Gasteiger partial charge in [0.25, 0.3) is 0 Å². The highest BCUT2D eigenvalue weighted by Crippen LogP contribution is 2.13. The third-order valence-electron chi connectivity index (χ3n) is 2.57. The van der Waals surface area contributed by atoms with Crippen LogP contribution in [0.1, 0.15) is 25.3 Å². The van der Waals surface area contributed by atoms with E-state index in [0.29, 0.717) is 0 Å². The van der Waals surface area contributed by atoms with Gasteiger partial charge in [0.05, 0.1) is 0 Å². The van der Waals surface area contributed by atoms with Crippen LogP contribution < -0.4 is 11.3 Å². The summed E-state index contributed by atoms with van der Waals surface area (Å²) in [6, 6.07) is 8.09. The number of benzene rings is 1. The molecular weight excluding hydrogens is 236 g/mol. The van der Waals surface area contributed by atoms with Crippen molar-refractivity contribution in [3.8, 4) is 0 Å². The molecule has 0 aliphatic rings. The Morgan fingerprint density at radius 1 is 1.41 bits per heavy atom. The molecule has 0 saturated heterocycles. The van der Waals surface area contributed by atoms with Gasteiger partial charge >= 0.3 is 0 Å². The quantitative estimate of drug-likeness (QED) is 0.427. The lowest BCUT2D eigenvalue weighted by Gasteiger charge is -2.16. The summed E-state index contributed by atoms with van der Waals surface area (Å²) in [5.74, 6) is 5.53. The van der Waals surface area contributed by atoms with Crippen molar-refractivity contribution in [2.24, 2.45) is 5.84 Å². The Balaban J connectivity index is 2.35. The minimum Gasteiger partial charge on any atom is -0.381 e. The first kappa shape index (κ1) is 14.5. The van der Waals surface area contributed by atoms with Crippen LogP contribution in [-0.4, -0.2) is 19.3 Å². The van der Waals surface area contributed by atoms with Crippen molar-refractivity contribution in [1.29, 1.82) is 0 Å². The first-order valence-corrected chi connectivity index (χ1v) is 6.42. The van der Waals surface area contributed by atoms with Gasteiger partial charge in [-0.1, -0.05) is 30.7 Å². The van der Waals surface area contributed by atoms with Crippen LogP contribution in [0, 0.1) is 0 Å². The number of ether oxygens (including phenoxy) is 1. The van der Waals surface area contributed by atoms with Crippen LogP contribution in [-0.2, 0) is 11.2 Å². The fourth-order valence-electron chi connectivity index (χ4n) is 1.66. The van der Waals surface area contributed by atoms with Gasteiger partial charge in [0, 0.05) is 24.3 Å². The van der Waals surface area contributed by atoms with Gasteiger partial charge in [0.1, 0.15) is 0 Å². The third kappa shape index (κ3) is 6.03. The molecule has 1 aromatic rings. The van der Waals surface area contributed by atoms with Crippen LogP contribution in [0.25, 0.3) is 0 Å². The number of hydrogen-bond acceptors (Lipinski definition) is 3. The van der Waals surface area contributed by atoms with Crippen molar-refractivity contribution in [2.75, 3.05) is 13.2 Å². The number of hydrazine groups is 1. The number of nitrogens with one attached hydrogen (secondary N) is 1. The Kier molecular flexibility index (Phi) is 7.21. The molecule has 96 valence electrons. The van der Waals surface area contributed by atoms with Gasteiger partial charge in [-0.05, 0) is 37.0 Å². The molecular formula is C13H21ClN2O. The fourth-order valence-corrected chi connectivity index (χ4v) is 1.88. The van der Waals surface area contributed by atoms with E-state index < -0.39 is 0 Å². The first-order valence-electron chi connectivity index (χ1n) is 6.04. The number of rotatable bonds is 8. The Labute approximate surface area is 108 Å². The highest BCUT2D eigenvalue weighted by atomic mass is 35.5. The van der Waals surface area contributed by atoms with Crippen molar-refractivity contribution in [2.45, 2.75) is 32.2 Å². The van der Waals surface area contributed by atoms with Gasteiger partial charge in [-0.2, -0.15) is 0 Å². The molecule has 1 atom stereocenters. The number of hydrogen-bond donors (Lipinski definition) is 2. The van der Waals surface area contributed by atoms with Crippen LogP contribution in [0.4, 0.5) is 0 Å². The number of halogens is 1. The van der Waals surface area contributed by atoms with Crippen LogP contribution in [0.5, 0.6) is 0 Å². The van der Waals surface area contributed by atoms with Crippen LogP contribution in [0.3, 0.4) is 0 Å². The zero-order valence-electron chi connectivity index (χ0n) is 10.3. The summed E-state index contributed by atoms with van der Waals surface area (Å²) in [4.78, 5) is 0. The lowest BCUT2D eigenvalue weighted by molar-refractivity contribution is 0.124. The van der Waals surface area contributed by atoms with E-state index in [9.17, 15) is 0 Å². The topological polar surface area (TPSA) is 47.3 Å². The van der Waals surface area contributed by atoms with Crippen LogP contribution in [0.2, 0.25) is 5.02 Å². The fraction of sp³-hybridized carbons (Fsp3) is 0.538. The minimum absolute atomic E-state index is 0.227. The molecule has 0 bridgehead atoms. The molecule has 1 rings (SSSR count). The van der Waals surface area contributed by atoms with Crippen molar-refractivity contribution >= 4 is 11.6 Å². The molecule has 3 nitrogen and oxygen atoms in total. The Morgan fingerprint density at radius 3 is 2.88 bits per heavy atom. The van der Waals surface area contributed by atoms with Crippen LogP contribution in [0.15, 0.2) is 24.3 Å². The van der Waals surface area contributed by atoms with Crippen molar-refractivity contribution in [3.63, 3.8) is 0 Å². The van der Waals surface area contributed by atoms with E-state index in [0.717, 1.165) is 37.5 Å². The molecule has 1 unspecified atom stereocenters. The van der Waals surface area contributed by atoms with E-state index in [1.165, 1.54) is 5.56 Å². The van der Waals surface area contributed by atoms with Gasteiger partial charge in [-0.25, -0.2) is 0 Å². The molecule has 0 spiro atoms. The Morgan fingerprint density at radius 2 is 2.24 bits per heavy atom. The van der Waals surface area contributed by atoms with Gasteiger partial charge in [-0.15, -0.1) is 0 Å². The zero-order chi connectivity index (χ0) is 12.5. The Hall–Kier alpha value is -0.610. The maximum atomic E-state index is 5.94. The van der Waals surface area contributed by atoms with Gasteiger partial charge < -0.3 is 4.74 Å². The molecule has 0 radical (unpaired) electrons. The summed E-state index contributed by atoms with van der Waals surface area (Å²) in [5, 5.41) is 0.764. The average molecular weight is 257 g/mol. The summed E-state index contributed by atoms with van der Waals surface area (Å²) in [6.45, 7) is 3.66. The molecule has 0 heterocycles. The number of nitrogens with two attached hydrogens (primary N) is 1. The molecule has 4 heteroatoms. The molecule has 0 saturated carbocycles. The lowest BCUT2D eigenvalue weighted by Crippen LogP contribution is -2.37. The second-order valence-corrected chi connectivity index (χ2v) is 4.54. The van der Waals surface area contributed by atoms with Crippen molar-refractivity contribution in [3.05, 3.63) is 34.9 Å². The summed E-state index contributed by atoms with van der Waals surface area (Å²) in [7, 11) is 0. The minimum atomic E-state index is 0.227. The molecule has 0 fully saturated rings. The smallest absolute Gasteiger partial charge is 0.0481 e. The first-order chi connectivity index (χ1) is 8.26. The van der Waals surface area contributed by atoms with E-state index >= 15 is 0 Å². The molecule has 0 aliphatic carbocycles. The van der Waals surface area contributed by atoms with Gasteiger partial charge in [0.2, 0.25) is 0 Å². The molecule has 17 heavy (non-hydrogen) atoms. The van der Waals surface area contributed by atoms with Gasteiger partial charge in [0.15, 0.2) is 0 Å². The molecule has 0 aliphatic heterocycles. The van der Waals surface area contributed by atoms with E-state index in [4.69, 9.17) is 22.2 Å². The predicted octanol–water partition coefficient (Wildman–Crippen LogP) is 2.53. The molecule has 3 N–H and O–H groups in total. The second kappa shape index (κ2) is 8.48. The molecule has 1 aromatic carbocycles. The average Bonchev–Trinajstić information content (AvgIpc) is 2.33. The van der Waals surface area contributed by atoms with E-state index in [-0.39, 0.29) is 6.04 Å². The molecule has 0 aromatic heterocycles. The zero-order valence-corrected chi connectivity index (χ0v) is 11.0.